The molecule has 2 N–H and O–H groups in total. The summed E-state index contributed by atoms with van der Waals surface area (Å²) in [7, 11) is 0. The Bertz CT molecular complexity index is 377. The zero-order chi connectivity index (χ0) is 13.1. The van der Waals surface area contributed by atoms with Crippen molar-refractivity contribution in [2.75, 3.05) is 6.26 Å². The van der Waals surface area contributed by atoms with Gasteiger partial charge in [0, 0.05) is 10.9 Å². The summed E-state index contributed by atoms with van der Waals surface area (Å²) in [5.41, 5.74) is 5.44. The highest BCUT2D eigenvalue weighted by molar-refractivity contribution is 7.98. The lowest BCUT2D eigenvalue weighted by atomic mass is 9.99. The van der Waals surface area contributed by atoms with Gasteiger partial charge >= 0.3 is 6.18 Å². The first-order valence-electron chi connectivity index (χ1n) is 5.38. The molecule has 1 atom stereocenters. The minimum atomic E-state index is -4.31. The van der Waals surface area contributed by atoms with Crippen LogP contribution in [-0.4, -0.2) is 12.3 Å². The van der Waals surface area contributed by atoms with Crippen molar-refractivity contribution in [1.82, 2.24) is 0 Å². The molecule has 1 aromatic rings. The van der Waals surface area contributed by atoms with Crippen LogP contribution in [0.15, 0.2) is 23.1 Å². The van der Waals surface area contributed by atoms with E-state index in [1.807, 2.05) is 6.92 Å². The molecule has 0 heterocycles. The minimum Gasteiger partial charge on any atom is -0.327 e. The van der Waals surface area contributed by atoms with E-state index in [-0.39, 0.29) is 18.0 Å². The Kier molecular flexibility index (Phi) is 4.89. The maximum Gasteiger partial charge on any atom is 0.416 e. The number of nitrogens with two attached hydrogens (primary N) is 1. The van der Waals surface area contributed by atoms with Crippen molar-refractivity contribution < 1.29 is 13.2 Å². The lowest BCUT2D eigenvalue weighted by molar-refractivity contribution is -0.138. The SMILES string of the molecule is CCC(N)Cc1ccc(SC)cc1C(F)(F)F. The van der Waals surface area contributed by atoms with E-state index in [1.54, 1.807) is 12.3 Å². The molecule has 0 bridgehead atoms. The Labute approximate surface area is 104 Å². The van der Waals surface area contributed by atoms with Crippen molar-refractivity contribution in [1.29, 1.82) is 0 Å². The molecule has 0 aliphatic carbocycles. The van der Waals surface area contributed by atoms with E-state index < -0.39 is 11.7 Å². The first-order chi connectivity index (χ1) is 7.88. The van der Waals surface area contributed by atoms with Gasteiger partial charge in [0.15, 0.2) is 0 Å². The molecular weight excluding hydrogens is 247 g/mol. The lowest BCUT2D eigenvalue weighted by Crippen LogP contribution is -2.23. The van der Waals surface area contributed by atoms with Gasteiger partial charge in [0.25, 0.3) is 0 Å². The lowest BCUT2D eigenvalue weighted by Gasteiger charge is -2.16. The van der Waals surface area contributed by atoms with Crippen LogP contribution in [0.25, 0.3) is 0 Å². The molecule has 0 saturated carbocycles. The summed E-state index contributed by atoms with van der Waals surface area (Å²) in [5, 5.41) is 0. The Morgan fingerprint density at radius 3 is 2.47 bits per heavy atom. The summed E-state index contributed by atoms with van der Waals surface area (Å²) in [4.78, 5) is 0.617. The number of hydrogen-bond acceptors (Lipinski definition) is 2. The van der Waals surface area contributed by atoms with Crippen LogP contribution >= 0.6 is 11.8 Å². The molecule has 0 spiro atoms. The van der Waals surface area contributed by atoms with Gasteiger partial charge in [-0.05, 0) is 36.8 Å². The second kappa shape index (κ2) is 5.78. The second-order valence-electron chi connectivity index (χ2n) is 3.89. The maximum absolute atomic E-state index is 12.9. The molecule has 0 fully saturated rings. The zero-order valence-corrected chi connectivity index (χ0v) is 10.7. The molecule has 96 valence electrons. The predicted molar refractivity (Wildman–Crippen MR) is 65.2 cm³/mol. The quantitative estimate of drug-likeness (QED) is 0.838. The Morgan fingerprint density at radius 2 is 2.00 bits per heavy atom. The van der Waals surface area contributed by atoms with Crippen molar-refractivity contribution in [3.63, 3.8) is 0 Å². The normalized spacial score (nSPS) is 13.8. The van der Waals surface area contributed by atoms with Gasteiger partial charge in [-0.3, -0.25) is 0 Å². The van der Waals surface area contributed by atoms with E-state index in [0.717, 1.165) is 0 Å². The molecule has 1 rings (SSSR count). The van der Waals surface area contributed by atoms with Crippen LogP contribution in [-0.2, 0) is 12.6 Å². The molecule has 0 aliphatic rings. The fourth-order valence-electron chi connectivity index (χ4n) is 1.55. The third-order valence-electron chi connectivity index (χ3n) is 2.63. The second-order valence-corrected chi connectivity index (χ2v) is 4.77. The average Bonchev–Trinajstić information content (AvgIpc) is 2.28. The maximum atomic E-state index is 12.9. The standard InChI is InChI=1S/C12H16F3NS/c1-3-9(16)6-8-4-5-10(17-2)7-11(8)12(13,14)15/h4-5,7,9H,3,6,16H2,1-2H3. The Hall–Kier alpha value is -0.680. The van der Waals surface area contributed by atoms with Crippen molar-refractivity contribution in [3.8, 4) is 0 Å². The average molecular weight is 263 g/mol. The molecule has 1 nitrogen and oxygen atoms in total. The topological polar surface area (TPSA) is 26.0 Å². The van der Waals surface area contributed by atoms with Crippen molar-refractivity contribution in [2.45, 2.75) is 36.9 Å². The highest BCUT2D eigenvalue weighted by Gasteiger charge is 2.33. The molecule has 5 heteroatoms. The fraction of sp³-hybridized carbons (Fsp3) is 0.500. The summed E-state index contributed by atoms with van der Waals surface area (Å²) in [5.74, 6) is 0. The minimum absolute atomic E-state index is 0.226. The van der Waals surface area contributed by atoms with E-state index >= 15 is 0 Å². The molecule has 0 aromatic heterocycles. The highest BCUT2D eigenvalue weighted by atomic mass is 32.2. The zero-order valence-electron chi connectivity index (χ0n) is 9.84. The van der Waals surface area contributed by atoms with Gasteiger partial charge in [-0.25, -0.2) is 0 Å². The van der Waals surface area contributed by atoms with Gasteiger partial charge in [0.2, 0.25) is 0 Å². The highest BCUT2D eigenvalue weighted by Crippen LogP contribution is 2.34. The van der Waals surface area contributed by atoms with Crippen LogP contribution in [0.3, 0.4) is 0 Å². The van der Waals surface area contributed by atoms with Crippen LogP contribution < -0.4 is 5.73 Å². The first-order valence-corrected chi connectivity index (χ1v) is 6.60. The van der Waals surface area contributed by atoms with Crippen LogP contribution in [0.5, 0.6) is 0 Å². The van der Waals surface area contributed by atoms with E-state index in [9.17, 15) is 13.2 Å². The molecule has 0 saturated heterocycles. The van der Waals surface area contributed by atoms with Gasteiger partial charge in [-0.2, -0.15) is 13.2 Å². The van der Waals surface area contributed by atoms with E-state index in [0.29, 0.717) is 11.3 Å². The van der Waals surface area contributed by atoms with Gasteiger partial charge in [-0.15, -0.1) is 11.8 Å². The number of alkyl halides is 3. The van der Waals surface area contributed by atoms with Gasteiger partial charge < -0.3 is 5.73 Å². The molecule has 0 radical (unpaired) electrons. The van der Waals surface area contributed by atoms with Gasteiger partial charge in [0.1, 0.15) is 0 Å². The van der Waals surface area contributed by atoms with Gasteiger partial charge in [0.05, 0.1) is 5.56 Å². The number of benzene rings is 1. The smallest absolute Gasteiger partial charge is 0.327 e. The van der Waals surface area contributed by atoms with E-state index in [4.69, 9.17) is 5.73 Å². The summed E-state index contributed by atoms with van der Waals surface area (Å²) >= 11 is 1.30. The summed E-state index contributed by atoms with van der Waals surface area (Å²) in [6, 6.07) is 4.21. The predicted octanol–water partition coefficient (Wildman–Crippen LogP) is 3.71. The van der Waals surface area contributed by atoms with Crippen LogP contribution in [0, 0.1) is 0 Å². The van der Waals surface area contributed by atoms with Crippen LogP contribution in [0.1, 0.15) is 24.5 Å². The number of thioether (sulfide) groups is 1. The third-order valence-corrected chi connectivity index (χ3v) is 3.35. The first kappa shape index (κ1) is 14.4. The van der Waals surface area contributed by atoms with Crippen molar-refractivity contribution >= 4 is 11.8 Å². The number of rotatable bonds is 4. The molecular formula is C12H16F3NS. The molecule has 1 aromatic carbocycles. The Balaban J connectivity index is 3.11. The fourth-order valence-corrected chi connectivity index (χ4v) is 1.99. The monoisotopic (exact) mass is 263 g/mol. The third kappa shape index (κ3) is 3.92. The van der Waals surface area contributed by atoms with E-state index in [2.05, 4.69) is 0 Å². The number of halogens is 3. The van der Waals surface area contributed by atoms with E-state index in [1.165, 1.54) is 23.9 Å². The summed E-state index contributed by atoms with van der Waals surface area (Å²) in [6.07, 6.45) is -1.62. The van der Waals surface area contributed by atoms with Crippen LogP contribution in [0.2, 0.25) is 0 Å². The molecule has 1 unspecified atom stereocenters. The largest absolute Gasteiger partial charge is 0.416 e. The molecule has 0 aliphatic heterocycles. The Morgan fingerprint density at radius 1 is 1.35 bits per heavy atom. The number of hydrogen-bond donors (Lipinski definition) is 1. The molecule has 17 heavy (non-hydrogen) atoms. The van der Waals surface area contributed by atoms with Crippen molar-refractivity contribution in [3.05, 3.63) is 29.3 Å². The van der Waals surface area contributed by atoms with Gasteiger partial charge in [-0.1, -0.05) is 13.0 Å². The molecule has 0 amide bonds. The van der Waals surface area contributed by atoms with Crippen LogP contribution in [0.4, 0.5) is 13.2 Å². The summed E-state index contributed by atoms with van der Waals surface area (Å²) in [6.45, 7) is 1.87. The summed E-state index contributed by atoms with van der Waals surface area (Å²) < 4.78 is 38.6. The van der Waals surface area contributed by atoms with Crippen molar-refractivity contribution in [2.24, 2.45) is 5.73 Å².